The Morgan fingerprint density at radius 3 is 1.65 bits per heavy atom. The Morgan fingerprint density at radius 2 is 1.20 bits per heavy atom. The summed E-state index contributed by atoms with van der Waals surface area (Å²) in [5.41, 5.74) is 4.48. The number of hydrogen-bond acceptors (Lipinski definition) is 0. The highest BCUT2D eigenvalue weighted by molar-refractivity contribution is 6.31. The Hall–Kier alpha value is -1.76. The molecular weight excluding hydrogens is 287 g/mol. The van der Waals surface area contributed by atoms with Crippen LogP contribution in [0, 0.1) is 0 Å². The van der Waals surface area contributed by atoms with Crippen molar-refractivity contribution in [3.63, 3.8) is 0 Å². The van der Waals surface area contributed by atoms with Crippen LogP contribution >= 0.6 is 23.2 Å². The number of benzene rings is 2. The molecular formula is C18H12Cl2. The zero-order valence-electron chi connectivity index (χ0n) is 10.7. The molecule has 98 valence electrons. The van der Waals surface area contributed by atoms with Crippen LogP contribution in [0.5, 0.6) is 0 Å². The summed E-state index contributed by atoms with van der Waals surface area (Å²) in [6.45, 7) is 0. The third kappa shape index (κ3) is 2.72. The van der Waals surface area contributed by atoms with Crippen LogP contribution in [0.4, 0.5) is 0 Å². The second-order valence-corrected chi connectivity index (χ2v) is 5.44. The molecule has 0 radical (unpaired) electrons. The van der Waals surface area contributed by atoms with E-state index in [1.54, 1.807) is 0 Å². The lowest BCUT2D eigenvalue weighted by Gasteiger charge is -2.12. The molecule has 0 spiro atoms. The summed E-state index contributed by atoms with van der Waals surface area (Å²) in [7, 11) is 0. The first-order valence-electron chi connectivity index (χ1n) is 6.35. The first-order chi connectivity index (χ1) is 9.74. The van der Waals surface area contributed by atoms with Gasteiger partial charge in [0, 0.05) is 10.0 Å². The minimum atomic E-state index is 0.730. The van der Waals surface area contributed by atoms with E-state index >= 15 is 0 Å². The van der Waals surface area contributed by atoms with E-state index < -0.39 is 0 Å². The van der Waals surface area contributed by atoms with E-state index in [2.05, 4.69) is 24.3 Å². The van der Waals surface area contributed by atoms with Crippen LogP contribution < -0.4 is 0 Å². The summed E-state index contributed by atoms with van der Waals surface area (Å²) in [6, 6.07) is 15.8. The quantitative estimate of drug-likeness (QED) is 0.645. The molecule has 3 rings (SSSR count). The smallest absolute Gasteiger partial charge is 0.0412 e. The van der Waals surface area contributed by atoms with Crippen LogP contribution in [0.3, 0.4) is 0 Å². The highest BCUT2D eigenvalue weighted by Crippen LogP contribution is 2.32. The summed E-state index contributed by atoms with van der Waals surface area (Å²) in [6.07, 6.45) is 8.25. The summed E-state index contributed by atoms with van der Waals surface area (Å²) >= 11 is 12.3. The Bertz CT molecular complexity index is 675. The van der Waals surface area contributed by atoms with Gasteiger partial charge in [0.15, 0.2) is 0 Å². The SMILES string of the molecule is Clc1cccc(C(=C2C=CC=C2)c2cccc(Cl)c2)c1. The van der Waals surface area contributed by atoms with Crippen molar-refractivity contribution in [2.24, 2.45) is 0 Å². The molecule has 0 N–H and O–H groups in total. The van der Waals surface area contributed by atoms with Gasteiger partial charge in [-0.1, -0.05) is 71.8 Å². The molecule has 20 heavy (non-hydrogen) atoms. The maximum Gasteiger partial charge on any atom is 0.0412 e. The lowest BCUT2D eigenvalue weighted by Crippen LogP contribution is -1.91. The predicted octanol–water partition coefficient (Wildman–Crippen LogP) is 5.92. The fourth-order valence-electron chi connectivity index (χ4n) is 2.33. The van der Waals surface area contributed by atoms with Crippen molar-refractivity contribution >= 4 is 28.8 Å². The zero-order valence-corrected chi connectivity index (χ0v) is 12.2. The highest BCUT2D eigenvalue weighted by Gasteiger charge is 2.11. The third-order valence-electron chi connectivity index (χ3n) is 3.18. The number of halogens is 2. The molecule has 2 aromatic carbocycles. The molecule has 0 aromatic heterocycles. The van der Waals surface area contributed by atoms with Gasteiger partial charge in [0.25, 0.3) is 0 Å². The molecule has 0 aliphatic heterocycles. The largest absolute Gasteiger partial charge is 0.0843 e. The van der Waals surface area contributed by atoms with Crippen LogP contribution in [-0.4, -0.2) is 0 Å². The molecule has 0 bridgehead atoms. The minimum absolute atomic E-state index is 0.730. The van der Waals surface area contributed by atoms with Gasteiger partial charge in [-0.25, -0.2) is 0 Å². The van der Waals surface area contributed by atoms with Gasteiger partial charge in [0.1, 0.15) is 0 Å². The Morgan fingerprint density at radius 1 is 0.700 bits per heavy atom. The van der Waals surface area contributed by atoms with E-state index in [-0.39, 0.29) is 0 Å². The molecule has 0 fully saturated rings. The maximum absolute atomic E-state index is 6.13. The second-order valence-electron chi connectivity index (χ2n) is 4.57. The van der Waals surface area contributed by atoms with E-state index in [1.807, 2.05) is 48.6 Å². The minimum Gasteiger partial charge on any atom is -0.0843 e. The first-order valence-corrected chi connectivity index (χ1v) is 7.10. The first kappa shape index (κ1) is 13.2. The topological polar surface area (TPSA) is 0 Å². The van der Waals surface area contributed by atoms with Gasteiger partial charge in [0.05, 0.1) is 0 Å². The van der Waals surface area contributed by atoms with Crippen molar-refractivity contribution < 1.29 is 0 Å². The number of rotatable bonds is 2. The van der Waals surface area contributed by atoms with E-state index in [1.165, 1.54) is 0 Å². The van der Waals surface area contributed by atoms with Gasteiger partial charge < -0.3 is 0 Å². The lowest BCUT2D eigenvalue weighted by molar-refractivity contribution is 1.52. The Kier molecular flexibility index (Phi) is 3.77. The molecule has 0 saturated carbocycles. The van der Waals surface area contributed by atoms with Crippen LogP contribution in [0.25, 0.3) is 5.57 Å². The van der Waals surface area contributed by atoms with Crippen LogP contribution in [0.15, 0.2) is 78.4 Å². The predicted molar refractivity (Wildman–Crippen MR) is 87.2 cm³/mol. The zero-order chi connectivity index (χ0) is 13.9. The van der Waals surface area contributed by atoms with Gasteiger partial charge in [-0.2, -0.15) is 0 Å². The molecule has 0 atom stereocenters. The Labute approximate surface area is 128 Å². The van der Waals surface area contributed by atoms with Crippen LogP contribution in [-0.2, 0) is 0 Å². The molecule has 1 aliphatic rings. The fourth-order valence-corrected chi connectivity index (χ4v) is 2.71. The molecule has 0 saturated heterocycles. The summed E-state index contributed by atoms with van der Waals surface area (Å²) < 4.78 is 0. The molecule has 2 heteroatoms. The van der Waals surface area contributed by atoms with Gasteiger partial charge in [-0.3, -0.25) is 0 Å². The Balaban J connectivity index is 2.23. The van der Waals surface area contributed by atoms with Crippen molar-refractivity contribution in [3.05, 3.63) is 99.6 Å². The van der Waals surface area contributed by atoms with Crippen molar-refractivity contribution in [2.75, 3.05) is 0 Å². The van der Waals surface area contributed by atoms with Gasteiger partial charge in [-0.15, -0.1) is 0 Å². The fraction of sp³-hybridized carbons (Fsp3) is 0. The van der Waals surface area contributed by atoms with Crippen LogP contribution in [0.1, 0.15) is 11.1 Å². The average molecular weight is 299 g/mol. The van der Waals surface area contributed by atoms with Gasteiger partial charge in [-0.05, 0) is 46.5 Å². The van der Waals surface area contributed by atoms with Gasteiger partial charge in [0.2, 0.25) is 0 Å². The normalized spacial score (nSPS) is 13.0. The summed E-state index contributed by atoms with van der Waals surface area (Å²) in [5, 5.41) is 1.46. The van der Waals surface area contributed by atoms with Crippen molar-refractivity contribution in [1.29, 1.82) is 0 Å². The summed E-state index contributed by atoms with van der Waals surface area (Å²) in [4.78, 5) is 0. The molecule has 1 aliphatic carbocycles. The standard InChI is InChI=1S/C18H12Cl2/c19-16-9-3-7-14(11-16)18(13-5-1-2-6-13)15-8-4-10-17(20)12-15/h1-12H. The summed E-state index contributed by atoms with van der Waals surface area (Å²) in [5.74, 6) is 0. The number of hydrogen-bond donors (Lipinski definition) is 0. The van der Waals surface area contributed by atoms with Crippen molar-refractivity contribution in [1.82, 2.24) is 0 Å². The number of allylic oxidation sites excluding steroid dienone is 5. The molecule has 0 amide bonds. The average Bonchev–Trinajstić information content (AvgIpc) is 2.93. The van der Waals surface area contributed by atoms with E-state index in [9.17, 15) is 0 Å². The van der Waals surface area contributed by atoms with Crippen LogP contribution in [0.2, 0.25) is 10.0 Å². The van der Waals surface area contributed by atoms with Crippen molar-refractivity contribution in [3.8, 4) is 0 Å². The maximum atomic E-state index is 6.13. The lowest BCUT2D eigenvalue weighted by atomic mass is 9.93. The molecule has 2 aromatic rings. The highest BCUT2D eigenvalue weighted by atomic mass is 35.5. The molecule has 0 nitrogen and oxygen atoms in total. The van der Waals surface area contributed by atoms with E-state index in [0.717, 1.165) is 32.3 Å². The third-order valence-corrected chi connectivity index (χ3v) is 3.65. The molecule has 0 unspecified atom stereocenters. The van der Waals surface area contributed by atoms with Gasteiger partial charge >= 0.3 is 0 Å². The monoisotopic (exact) mass is 298 g/mol. The van der Waals surface area contributed by atoms with E-state index in [0.29, 0.717) is 0 Å². The second kappa shape index (κ2) is 5.70. The van der Waals surface area contributed by atoms with Crippen molar-refractivity contribution in [2.45, 2.75) is 0 Å². The van der Waals surface area contributed by atoms with E-state index in [4.69, 9.17) is 23.2 Å². The molecule has 0 heterocycles.